The molecule has 0 amide bonds. The zero-order valence-electron chi connectivity index (χ0n) is 16.0. The van der Waals surface area contributed by atoms with Crippen molar-refractivity contribution >= 4 is 11.8 Å². The number of nitrogens with zero attached hydrogens (tertiary/aromatic N) is 4. The fraction of sp³-hybridized carbons (Fsp3) is 0.318. The molecule has 28 heavy (non-hydrogen) atoms. The second-order valence-corrected chi connectivity index (χ2v) is 7.16. The highest BCUT2D eigenvalue weighted by Crippen LogP contribution is 2.18. The van der Waals surface area contributed by atoms with Crippen molar-refractivity contribution in [3.8, 4) is 0 Å². The van der Waals surface area contributed by atoms with E-state index in [1.807, 2.05) is 24.4 Å². The molecule has 0 atom stereocenters. The first kappa shape index (κ1) is 18.4. The second kappa shape index (κ2) is 9.28. The summed E-state index contributed by atoms with van der Waals surface area (Å²) in [6.07, 6.45) is 7.66. The Bertz CT molecular complexity index is 847. The van der Waals surface area contributed by atoms with Gasteiger partial charge in [-0.2, -0.15) is 4.98 Å². The van der Waals surface area contributed by atoms with Crippen LogP contribution in [0.1, 0.15) is 24.0 Å². The van der Waals surface area contributed by atoms with Crippen LogP contribution in [0.3, 0.4) is 0 Å². The number of nitrogens with one attached hydrogen (secondary N) is 2. The van der Waals surface area contributed by atoms with E-state index in [0.29, 0.717) is 18.5 Å². The Morgan fingerprint density at radius 3 is 2.54 bits per heavy atom. The third-order valence-corrected chi connectivity index (χ3v) is 5.02. The predicted molar refractivity (Wildman–Crippen MR) is 112 cm³/mol. The van der Waals surface area contributed by atoms with Crippen LogP contribution in [0, 0.1) is 0 Å². The van der Waals surface area contributed by atoms with Gasteiger partial charge in [0.05, 0.1) is 0 Å². The van der Waals surface area contributed by atoms with Gasteiger partial charge < -0.3 is 10.6 Å². The van der Waals surface area contributed by atoms with Crippen LogP contribution in [0.25, 0.3) is 0 Å². The lowest BCUT2D eigenvalue weighted by molar-refractivity contribution is 0.211. The zero-order valence-corrected chi connectivity index (χ0v) is 16.0. The first-order valence-electron chi connectivity index (χ1n) is 9.84. The monoisotopic (exact) mass is 374 g/mol. The Hall–Kier alpha value is -2.99. The average molecular weight is 374 g/mol. The van der Waals surface area contributed by atoms with Crippen molar-refractivity contribution in [2.45, 2.75) is 32.0 Å². The van der Waals surface area contributed by atoms with Crippen molar-refractivity contribution in [3.05, 3.63) is 78.2 Å². The molecule has 1 saturated heterocycles. The molecule has 0 bridgehead atoms. The maximum Gasteiger partial charge on any atom is 0.224 e. The van der Waals surface area contributed by atoms with Crippen LogP contribution in [-0.2, 0) is 13.1 Å². The Morgan fingerprint density at radius 1 is 0.929 bits per heavy atom. The molecule has 0 saturated carbocycles. The molecular weight excluding hydrogens is 348 g/mol. The first-order valence-corrected chi connectivity index (χ1v) is 9.84. The molecule has 0 aliphatic carbocycles. The molecule has 1 aliphatic heterocycles. The second-order valence-electron chi connectivity index (χ2n) is 7.16. The van der Waals surface area contributed by atoms with Crippen LogP contribution >= 0.6 is 0 Å². The van der Waals surface area contributed by atoms with E-state index in [-0.39, 0.29) is 0 Å². The summed E-state index contributed by atoms with van der Waals surface area (Å²) in [4.78, 5) is 15.6. The molecule has 1 fully saturated rings. The number of pyridine rings is 1. The molecule has 6 heteroatoms. The molecule has 144 valence electrons. The molecule has 0 unspecified atom stereocenters. The summed E-state index contributed by atoms with van der Waals surface area (Å²) in [7, 11) is 0. The number of aromatic nitrogens is 3. The summed E-state index contributed by atoms with van der Waals surface area (Å²) >= 11 is 0. The van der Waals surface area contributed by atoms with Crippen LogP contribution < -0.4 is 10.6 Å². The summed E-state index contributed by atoms with van der Waals surface area (Å²) in [5.74, 6) is 1.51. The third kappa shape index (κ3) is 5.27. The number of hydrogen-bond acceptors (Lipinski definition) is 6. The van der Waals surface area contributed by atoms with Gasteiger partial charge in [-0.15, -0.1) is 0 Å². The van der Waals surface area contributed by atoms with Crippen LogP contribution in [0.5, 0.6) is 0 Å². The topological polar surface area (TPSA) is 66.0 Å². The van der Waals surface area contributed by atoms with Crippen molar-refractivity contribution < 1.29 is 0 Å². The molecule has 3 heterocycles. The predicted octanol–water partition coefficient (Wildman–Crippen LogP) is 3.56. The fourth-order valence-corrected chi connectivity index (χ4v) is 3.49. The average Bonchev–Trinajstić information content (AvgIpc) is 2.76. The number of hydrogen-bond donors (Lipinski definition) is 2. The Labute approximate surface area is 166 Å². The SMILES string of the molecule is c1ccc(CN2CCC(Nc3ccnc(NCc4cccnc4)n3)CC2)cc1. The van der Waals surface area contributed by atoms with E-state index in [4.69, 9.17) is 0 Å². The molecular formula is C22H26N6. The lowest BCUT2D eigenvalue weighted by Crippen LogP contribution is -2.38. The quantitative estimate of drug-likeness (QED) is 0.659. The number of benzene rings is 1. The smallest absolute Gasteiger partial charge is 0.224 e. The molecule has 0 spiro atoms. The lowest BCUT2D eigenvalue weighted by Gasteiger charge is -2.32. The molecule has 1 aliphatic rings. The maximum absolute atomic E-state index is 4.60. The van der Waals surface area contributed by atoms with Gasteiger partial charge in [0.1, 0.15) is 5.82 Å². The van der Waals surface area contributed by atoms with Crippen molar-refractivity contribution in [1.82, 2.24) is 19.9 Å². The van der Waals surface area contributed by atoms with Gasteiger partial charge in [0, 0.05) is 50.8 Å². The fourth-order valence-electron chi connectivity index (χ4n) is 3.49. The highest BCUT2D eigenvalue weighted by molar-refractivity contribution is 5.40. The number of piperidine rings is 1. The number of rotatable bonds is 7. The molecule has 0 radical (unpaired) electrons. The first-order chi connectivity index (χ1) is 13.8. The van der Waals surface area contributed by atoms with Crippen LogP contribution in [0.2, 0.25) is 0 Å². The standard InChI is InChI=1S/C22H26N6/c1-2-5-18(6-3-1)17-28-13-9-20(10-14-28)26-21-8-12-24-22(27-21)25-16-19-7-4-11-23-15-19/h1-8,11-12,15,20H,9-10,13-14,16-17H2,(H2,24,25,26,27). The summed E-state index contributed by atoms with van der Waals surface area (Å²) < 4.78 is 0. The van der Waals surface area contributed by atoms with Gasteiger partial charge in [-0.3, -0.25) is 9.88 Å². The van der Waals surface area contributed by atoms with E-state index in [1.54, 1.807) is 12.4 Å². The van der Waals surface area contributed by atoms with Gasteiger partial charge in [0.25, 0.3) is 0 Å². The minimum absolute atomic E-state index is 0.452. The Balaban J connectivity index is 1.26. The summed E-state index contributed by atoms with van der Waals surface area (Å²) in [5, 5.41) is 6.84. The van der Waals surface area contributed by atoms with E-state index in [0.717, 1.165) is 43.9 Å². The summed E-state index contributed by atoms with van der Waals surface area (Å²) in [6.45, 7) is 3.90. The highest BCUT2D eigenvalue weighted by atomic mass is 15.2. The molecule has 2 aromatic heterocycles. The van der Waals surface area contributed by atoms with Crippen molar-refractivity contribution in [1.29, 1.82) is 0 Å². The van der Waals surface area contributed by atoms with E-state index >= 15 is 0 Å². The Kier molecular flexibility index (Phi) is 6.09. The van der Waals surface area contributed by atoms with Crippen LogP contribution in [0.4, 0.5) is 11.8 Å². The zero-order chi connectivity index (χ0) is 19.0. The van der Waals surface area contributed by atoms with Gasteiger partial charge in [-0.05, 0) is 36.1 Å². The van der Waals surface area contributed by atoms with E-state index in [2.05, 4.69) is 60.8 Å². The van der Waals surface area contributed by atoms with Crippen molar-refractivity contribution in [2.75, 3.05) is 23.7 Å². The van der Waals surface area contributed by atoms with Crippen molar-refractivity contribution in [3.63, 3.8) is 0 Å². The minimum Gasteiger partial charge on any atom is -0.367 e. The van der Waals surface area contributed by atoms with Gasteiger partial charge in [0.2, 0.25) is 5.95 Å². The molecule has 2 N–H and O–H groups in total. The van der Waals surface area contributed by atoms with Gasteiger partial charge in [0.15, 0.2) is 0 Å². The third-order valence-electron chi connectivity index (χ3n) is 5.02. The summed E-state index contributed by atoms with van der Waals surface area (Å²) in [6, 6.07) is 17.0. The molecule has 6 nitrogen and oxygen atoms in total. The minimum atomic E-state index is 0.452. The maximum atomic E-state index is 4.60. The Morgan fingerprint density at radius 2 is 1.75 bits per heavy atom. The van der Waals surface area contributed by atoms with Crippen LogP contribution in [-0.4, -0.2) is 39.0 Å². The van der Waals surface area contributed by atoms with E-state index in [1.165, 1.54) is 5.56 Å². The van der Waals surface area contributed by atoms with Gasteiger partial charge >= 0.3 is 0 Å². The lowest BCUT2D eigenvalue weighted by atomic mass is 10.0. The van der Waals surface area contributed by atoms with E-state index in [9.17, 15) is 0 Å². The highest BCUT2D eigenvalue weighted by Gasteiger charge is 2.19. The normalized spacial score (nSPS) is 15.3. The summed E-state index contributed by atoms with van der Waals surface area (Å²) in [5.41, 5.74) is 2.49. The van der Waals surface area contributed by atoms with Gasteiger partial charge in [-0.1, -0.05) is 36.4 Å². The molecule has 3 aromatic rings. The van der Waals surface area contributed by atoms with E-state index < -0.39 is 0 Å². The number of likely N-dealkylation sites (tertiary alicyclic amines) is 1. The molecule has 4 rings (SSSR count). The molecule has 1 aromatic carbocycles. The van der Waals surface area contributed by atoms with Crippen molar-refractivity contribution in [2.24, 2.45) is 0 Å². The van der Waals surface area contributed by atoms with Gasteiger partial charge in [-0.25, -0.2) is 4.98 Å². The largest absolute Gasteiger partial charge is 0.367 e. The van der Waals surface area contributed by atoms with Crippen LogP contribution in [0.15, 0.2) is 67.1 Å². The number of anilines is 2.